The zero-order valence-corrected chi connectivity index (χ0v) is 31.1. The molecule has 2 amide bonds. The fourth-order valence-corrected chi connectivity index (χ4v) is 9.32. The average molecular weight is 768 g/mol. The van der Waals surface area contributed by atoms with E-state index in [9.17, 15) is 23.6 Å². The monoisotopic (exact) mass is 766 g/mol. The van der Waals surface area contributed by atoms with Gasteiger partial charge in [0, 0.05) is 11.1 Å². The molecule has 2 aromatic heterocycles. The number of ketones is 2. The summed E-state index contributed by atoms with van der Waals surface area (Å²) >= 11 is 15.3. The molecule has 2 N–H and O–H groups in total. The smallest absolute Gasteiger partial charge is 0.243 e. The Morgan fingerprint density at radius 2 is 1.00 bits per heavy atom. The van der Waals surface area contributed by atoms with Crippen molar-refractivity contribution in [3.63, 3.8) is 0 Å². The van der Waals surface area contributed by atoms with E-state index < -0.39 is 22.6 Å². The number of Topliss-reactive ketones (excluding diaryl/α,β-unsaturated/α-hetero) is 2. The number of hydrogen-bond acceptors (Lipinski definition) is 6. The number of thiophene rings is 2. The molecule has 6 aromatic rings. The lowest BCUT2D eigenvalue weighted by Crippen LogP contribution is -2.48. The molecular weight excluding hydrogens is 738 g/mol. The van der Waals surface area contributed by atoms with Crippen LogP contribution in [0.5, 0.6) is 0 Å². The SMILES string of the molecule is CC1(c2ccc(F)cc2)C(=O)Nc2sc(Cl)c(-c3ccccc3)c2C1=O.Cc1cccc(C2(C)C(=O)Nc3sc(Cl)c(-c4ccccc4)c3C2=O)c1. The van der Waals surface area contributed by atoms with Crippen LogP contribution in [0.2, 0.25) is 8.67 Å². The molecule has 0 saturated carbocycles. The molecule has 0 radical (unpaired) electrons. The van der Waals surface area contributed by atoms with Gasteiger partial charge in [-0.15, -0.1) is 22.7 Å². The molecule has 8 rings (SSSR count). The predicted molar refractivity (Wildman–Crippen MR) is 208 cm³/mol. The van der Waals surface area contributed by atoms with Gasteiger partial charge in [0.05, 0.1) is 11.1 Å². The summed E-state index contributed by atoms with van der Waals surface area (Å²) < 4.78 is 14.2. The fraction of sp³-hybridized carbons (Fsp3) is 0.122. The summed E-state index contributed by atoms with van der Waals surface area (Å²) in [6, 6.07) is 31.8. The lowest BCUT2D eigenvalue weighted by Gasteiger charge is -2.32. The van der Waals surface area contributed by atoms with Crippen LogP contribution in [0.4, 0.5) is 14.4 Å². The number of anilines is 2. The minimum absolute atomic E-state index is 0.219. The molecule has 0 fully saturated rings. The maximum absolute atomic E-state index is 13.6. The van der Waals surface area contributed by atoms with Gasteiger partial charge in [-0.05, 0) is 55.2 Å². The van der Waals surface area contributed by atoms with E-state index >= 15 is 0 Å². The molecule has 2 atom stereocenters. The first kappa shape index (κ1) is 35.5. The third-order valence-corrected chi connectivity index (χ3v) is 12.2. The lowest BCUT2D eigenvalue weighted by atomic mass is 9.72. The Bertz CT molecular complexity index is 2410. The Morgan fingerprint density at radius 3 is 1.44 bits per heavy atom. The van der Waals surface area contributed by atoms with Crippen molar-refractivity contribution in [2.75, 3.05) is 10.6 Å². The lowest BCUT2D eigenvalue weighted by molar-refractivity contribution is -0.120. The molecule has 2 aliphatic heterocycles. The normalized spacial score (nSPS) is 19.2. The Morgan fingerprint density at radius 1 is 0.558 bits per heavy atom. The number of halogens is 3. The van der Waals surface area contributed by atoms with Crippen molar-refractivity contribution < 1.29 is 23.6 Å². The highest BCUT2D eigenvalue weighted by Crippen LogP contribution is 2.50. The quantitative estimate of drug-likeness (QED) is 0.175. The molecule has 0 aliphatic carbocycles. The second kappa shape index (κ2) is 13.6. The Labute approximate surface area is 317 Å². The molecule has 0 spiro atoms. The molecule has 4 heterocycles. The number of hydrogen-bond donors (Lipinski definition) is 2. The van der Waals surface area contributed by atoms with Crippen LogP contribution in [0.1, 0.15) is 51.3 Å². The summed E-state index contributed by atoms with van der Waals surface area (Å²) in [5.74, 6) is -1.75. The van der Waals surface area contributed by atoms with Gasteiger partial charge in [0.1, 0.15) is 35.3 Å². The van der Waals surface area contributed by atoms with E-state index in [0.717, 1.165) is 16.7 Å². The van der Waals surface area contributed by atoms with E-state index in [1.165, 1.54) is 46.9 Å². The number of nitrogens with one attached hydrogen (secondary N) is 2. The van der Waals surface area contributed by atoms with Crippen LogP contribution >= 0.6 is 45.9 Å². The summed E-state index contributed by atoms with van der Waals surface area (Å²) in [5, 5.41) is 6.68. The van der Waals surface area contributed by atoms with Gasteiger partial charge in [0.25, 0.3) is 0 Å². The highest BCUT2D eigenvalue weighted by Gasteiger charge is 2.51. The van der Waals surface area contributed by atoms with Gasteiger partial charge in [-0.1, -0.05) is 126 Å². The van der Waals surface area contributed by atoms with Crippen LogP contribution in [0.3, 0.4) is 0 Å². The van der Waals surface area contributed by atoms with Gasteiger partial charge < -0.3 is 10.6 Å². The Balaban J connectivity index is 0.000000162. The number of carbonyl (C=O) groups is 4. The second-order valence-electron chi connectivity index (χ2n) is 12.8. The van der Waals surface area contributed by atoms with Crippen molar-refractivity contribution in [3.8, 4) is 22.3 Å². The fourth-order valence-electron chi connectivity index (χ4n) is 6.57. The average Bonchev–Trinajstić information content (AvgIpc) is 3.65. The van der Waals surface area contributed by atoms with E-state index in [1.807, 2.05) is 91.9 Å². The number of carbonyl (C=O) groups excluding carboxylic acids is 4. The van der Waals surface area contributed by atoms with E-state index in [0.29, 0.717) is 52.1 Å². The van der Waals surface area contributed by atoms with E-state index in [2.05, 4.69) is 10.6 Å². The van der Waals surface area contributed by atoms with Gasteiger partial charge >= 0.3 is 0 Å². The van der Waals surface area contributed by atoms with Crippen LogP contribution in [-0.4, -0.2) is 23.4 Å². The van der Waals surface area contributed by atoms with E-state index in [1.54, 1.807) is 13.8 Å². The first-order chi connectivity index (χ1) is 24.8. The number of fused-ring (bicyclic) bond motifs is 2. The molecule has 0 bridgehead atoms. The van der Waals surface area contributed by atoms with Gasteiger partial charge in [0.15, 0.2) is 11.6 Å². The van der Waals surface area contributed by atoms with Crippen molar-refractivity contribution in [2.24, 2.45) is 0 Å². The molecule has 52 heavy (non-hydrogen) atoms. The summed E-state index contributed by atoms with van der Waals surface area (Å²) in [7, 11) is 0. The molecular formula is C41H29Cl2FN2O4S2. The van der Waals surface area contributed by atoms with E-state index in [-0.39, 0.29) is 17.5 Å². The summed E-state index contributed by atoms with van der Waals surface area (Å²) in [6.07, 6.45) is 0. The number of benzene rings is 4. The minimum Gasteiger partial charge on any atom is -0.316 e. The van der Waals surface area contributed by atoms with Gasteiger partial charge in [0.2, 0.25) is 11.8 Å². The van der Waals surface area contributed by atoms with E-state index in [4.69, 9.17) is 23.2 Å². The molecule has 2 unspecified atom stereocenters. The highest BCUT2D eigenvalue weighted by molar-refractivity contribution is 7.21. The molecule has 4 aromatic carbocycles. The van der Waals surface area contributed by atoms with Crippen LogP contribution in [0, 0.1) is 12.7 Å². The first-order valence-electron chi connectivity index (χ1n) is 16.2. The molecule has 11 heteroatoms. The van der Waals surface area contributed by atoms with Crippen LogP contribution in [0.15, 0.2) is 109 Å². The topological polar surface area (TPSA) is 92.3 Å². The van der Waals surface area contributed by atoms with Crippen molar-refractivity contribution in [2.45, 2.75) is 31.6 Å². The number of aryl methyl sites for hydroxylation is 1. The van der Waals surface area contributed by atoms with Crippen molar-refractivity contribution >= 4 is 79.3 Å². The van der Waals surface area contributed by atoms with Crippen LogP contribution in [0.25, 0.3) is 22.3 Å². The minimum atomic E-state index is -1.45. The third-order valence-electron chi connectivity index (χ3n) is 9.60. The first-order valence-corrected chi connectivity index (χ1v) is 18.6. The molecule has 2 aliphatic rings. The van der Waals surface area contributed by atoms with Crippen molar-refractivity contribution in [3.05, 3.63) is 152 Å². The Kier molecular flexibility index (Phi) is 9.25. The zero-order valence-electron chi connectivity index (χ0n) is 28.0. The highest BCUT2D eigenvalue weighted by atomic mass is 35.5. The van der Waals surface area contributed by atoms with Crippen molar-refractivity contribution in [1.29, 1.82) is 0 Å². The second-order valence-corrected chi connectivity index (χ2v) is 16.1. The predicted octanol–water partition coefficient (Wildman–Crippen LogP) is 10.8. The summed E-state index contributed by atoms with van der Waals surface area (Å²) in [6.45, 7) is 5.18. The summed E-state index contributed by atoms with van der Waals surface area (Å²) in [5.41, 5.74) is 3.27. The third kappa shape index (κ3) is 5.78. The summed E-state index contributed by atoms with van der Waals surface area (Å²) in [4.78, 5) is 52.6. The Hall–Kier alpha value is -4.93. The standard InChI is InChI=1S/C21H16ClNO2S.C20H13ClFNO2S/c1-12-7-6-10-14(11-12)21(2)17(24)16-15(13-8-4-3-5-9-13)18(22)26-19(16)23-20(21)25;1-20(12-7-9-13(22)10-8-12)16(24)15-14(11-5-3-2-4-6-11)17(21)26-18(15)23-19(20)25/h3-11H,1-2H3,(H,23,25);2-10H,1H3,(H,23,25). The largest absolute Gasteiger partial charge is 0.316 e. The number of rotatable bonds is 4. The molecule has 6 nitrogen and oxygen atoms in total. The van der Waals surface area contributed by atoms with Crippen LogP contribution < -0.4 is 10.6 Å². The zero-order chi connectivity index (χ0) is 36.9. The maximum atomic E-state index is 13.6. The van der Waals surface area contributed by atoms with Gasteiger partial charge in [-0.3, -0.25) is 19.2 Å². The van der Waals surface area contributed by atoms with Crippen molar-refractivity contribution in [1.82, 2.24) is 0 Å². The molecule has 260 valence electrons. The van der Waals surface area contributed by atoms with Gasteiger partial charge in [-0.25, -0.2) is 4.39 Å². The van der Waals surface area contributed by atoms with Gasteiger partial charge in [-0.2, -0.15) is 0 Å². The van der Waals surface area contributed by atoms with Crippen LogP contribution in [-0.2, 0) is 20.4 Å². The number of amides is 2. The maximum Gasteiger partial charge on any atom is 0.243 e. The molecule has 0 saturated heterocycles.